The average molecular weight is 314 g/mol. The molecule has 1 saturated heterocycles. The van der Waals surface area contributed by atoms with Gasteiger partial charge < -0.3 is 4.90 Å². The molecule has 1 aliphatic rings. The molecule has 0 N–H and O–H groups in total. The molecule has 2 rings (SSSR count). The predicted molar refractivity (Wildman–Crippen MR) is 76.1 cm³/mol. The number of hydrogen-bond donors (Lipinski definition) is 0. The van der Waals surface area contributed by atoms with E-state index in [2.05, 4.69) is 28.1 Å². The molecule has 17 heavy (non-hydrogen) atoms. The summed E-state index contributed by atoms with van der Waals surface area (Å²) in [5.74, 6) is 2.29. The smallest absolute Gasteiger partial charge is 0.223 e. The molecule has 0 atom stereocenters. The number of halogens is 1. The van der Waals surface area contributed by atoms with Crippen LogP contribution in [0.4, 0.5) is 0 Å². The summed E-state index contributed by atoms with van der Waals surface area (Å²) in [5, 5.41) is 0. The standard InChI is InChI=1S/C13H16BrNOS/c14-12-6-4-11(5-7-12)2-1-3-13(16)15-8-9-17-10-15/h4-7H,1-3,8-10H2. The summed E-state index contributed by atoms with van der Waals surface area (Å²) in [7, 11) is 0. The number of carbonyl (C=O) groups excluding carboxylic acids is 1. The zero-order valence-corrected chi connectivity index (χ0v) is 12.1. The Morgan fingerprint density at radius 1 is 1.35 bits per heavy atom. The maximum Gasteiger partial charge on any atom is 0.223 e. The molecule has 2 nitrogen and oxygen atoms in total. The van der Waals surface area contributed by atoms with E-state index in [-0.39, 0.29) is 0 Å². The number of aryl methyl sites for hydroxylation is 1. The third kappa shape index (κ3) is 4.03. The van der Waals surface area contributed by atoms with Gasteiger partial charge >= 0.3 is 0 Å². The van der Waals surface area contributed by atoms with Crippen LogP contribution in [-0.2, 0) is 11.2 Å². The van der Waals surface area contributed by atoms with Crippen molar-refractivity contribution in [2.24, 2.45) is 0 Å². The molecule has 4 heteroatoms. The molecule has 0 aromatic heterocycles. The lowest BCUT2D eigenvalue weighted by atomic mass is 10.1. The fraction of sp³-hybridized carbons (Fsp3) is 0.462. The Bertz CT molecular complexity index is 374. The van der Waals surface area contributed by atoms with Gasteiger partial charge in [-0.25, -0.2) is 0 Å². The first-order valence-corrected chi connectivity index (χ1v) is 7.80. The van der Waals surface area contributed by atoms with Crippen LogP contribution in [0.15, 0.2) is 28.7 Å². The van der Waals surface area contributed by atoms with Gasteiger partial charge in [-0.2, -0.15) is 0 Å². The summed E-state index contributed by atoms with van der Waals surface area (Å²) < 4.78 is 1.10. The zero-order chi connectivity index (χ0) is 12.1. The van der Waals surface area contributed by atoms with Crippen molar-refractivity contribution in [2.45, 2.75) is 19.3 Å². The van der Waals surface area contributed by atoms with Gasteiger partial charge in [0.25, 0.3) is 0 Å². The van der Waals surface area contributed by atoms with Gasteiger partial charge in [0.05, 0.1) is 5.88 Å². The number of nitrogens with zero attached hydrogens (tertiary/aromatic N) is 1. The molecular weight excluding hydrogens is 298 g/mol. The van der Waals surface area contributed by atoms with Crippen molar-refractivity contribution < 1.29 is 4.79 Å². The van der Waals surface area contributed by atoms with Crippen LogP contribution in [0.25, 0.3) is 0 Å². The van der Waals surface area contributed by atoms with E-state index < -0.39 is 0 Å². The fourth-order valence-electron chi connectivity index (χ4n) is 1.86. The Labute approximate surface area is 115 Å². The van der Waals surface area contributed by atoms with Crippen LogP contribution >= 0.6 is 27.7 Å². The van der Waals surface area contributed by atoms with E-state index in [0.29, 0.717) is 12.3 Å². The van der Waals surface area contributed by atoms with E-state index in [9.17, 15) is 4.79 Å². The van der Waals surface area contributed by atoms with Crippen LogP contribution in [0, 0.1) is 0 Å². The molecule has 1 fully saturated rings. The normalized spacial score (nSPS) is 15.2. The number of hydrogen-bond acceptors (Lipinski definition) is 2. The number of amides is 1. The summed E-state index contributed by atoms with van der Waals surface area (Å²) in [6.07, 6.45) is 2.61. The van der Waals surface area contributed by atoms with Crippen molar-refractivity contribution in [3.05, 3.63) is 34.3 Å². The SMILES string of the molecule is O=C(CCCc1ccc(Br)cc1)N1CCSC1. The highest BCUT2D eigenvalue weighted by Crippen LogP contribution is 2.16. The summed E-state index contributed by atoms with van der Waals surface area (Å²) >= 11 is 5.26. The van der Waals surface area contributed by atoms with Crippen molar-refractivity contribution in [3.63, 3.8) is 0 Å². The zero-order valence-electron chi connectivity index (χ0n) is 9.69. The summed E-state index contributed by atoms with van der Waals surface area (Å²) in [6.45, 7) is 0.932. The molecule has 0 unspecified atom stereocenters. The highest BCUT2D eigenvalue weighted by Gasteiger charge is 2.17. The number of benzene rings is 1. The van der Waals surface area contributed by atoms with Gasteiger partial charge in [-0.3, -0.25) is 4.79 Å². The van der Waals surface area contributed by atoms with Crippen molar-refractivity contribution in [2.75, 3.05) is 18.2 Å². The second kappa shape index (κ2) is 6.45. The molecule has 1 aliphatic heterocycles. The lowest BCUT2D eigenvalue weighted by molar-refractivity contribution is -0.129. The molecule has 0 saturated carbocycles. The molecule has 1 amide bonds. The van der Waals surface area contributed by atoms with Crippen LogP contribution < -0.4 is 0 Å². The van der Waals surface area contributed by atoms with E-state index in [4.69, 9.17) is 0 Å². The summed E-state index contributed by atoms with van der Waals surface area (Å²) in [5.41, 5.74) is 1.30. The van der Waals surface area contributed by atoms with Crippen LogP contribution in [0.3, 0.4) is 0 Å². The molecule has 0 aliphatic carbocycles. The van der Waals surface area contributed by atoms with E-state index in [0.717, 1.165) is 35.5 Å². The quantitative estimate of drug-likeness (QED) is 0.850. The molecule has 0 radical (unpaired) electrons. The van der Waals surface area contributed by atoms with Crippen molar-refractivity contribution in [3.8, 4) is 0 Å². The Morgan fingerprint density at radius 3 is 2.76 bits per heavy atom. The van der Waals surface area contributed by atoms with Gasteiger partial charge in [-0.05, 0) is 30.5 Å². The molecule has 1 heterocycles. The minimum atomic E-state index is 0.312. The first kappa shape index (κ1) is 13.0. The average Bonchev–Trinajstić information content (AvgIpc) is 2.85. The maximum atomic E-state index is 11.8. The third-order valence-electron chi connectivity index (χ3n) is 2.87. The number of thioether (sulfide) groups is 1. The third-order valence-corrected chi connectivity index (χ3v) is 4.37. The molecule has 0 bridgehead atoms. The first-order chi connectivity index (χ1) is 8.25. The van der Waals surface area contributed by atoms with Gasteiger partial charge in [0.15, 0.2) is 0 Å². The van der Waals surface area contributed by atoms with Crippen LogP contribution in [0.2, 0.25) is 0 Å². The topological polar surface area (TPSA) is 20.3 Å². The lowest BCUT2D eigenvalue weighted by Gasteiger charge is -2.13. The second-order valence-electron chi connectivity index (χ2n) is 4.17. The molecule has 92 valence electrons. The molecular formula is C13H16BrNOS. The van der Waals surface area contributed by atoms with Gasteiger partial charge in [-0.1, -0.05) is 28.1 Å². The van der Waals surface area contributed by atoms with Crippen molar-refractivity contribution in [1.82, 2.24) is 4.90 Å². The van der Waals surface area contributed by atoms with E-state index in [1.807, 2.05) is 28.8 Å². The maximum absolute atomic E-state index is 11.8. The van der Waals surface area contributed by atoms with Gasteiger partial charge in [-0.15, -0.1) is 11.8 Å². The number of rotatable bonds is 4. The fourth-order valence-corrected chi connectivity index (χ4v) is 3.10. The molecule has 0 spiro atoms. The van der Waals surface area contributed by atoms with Crippen molar-refractivity contribution >= 4 is 33.6 Å². The van der Waals surface area contributed by atoms with E-state index in [1.165, 1.54) is 5.56 Å². The van der Waals surface area contributed by atoms with Gasteiger partial charge in [0.2, 0.25) is 5.91 Å². The number of carbonyl (C=O) groups is 1. The Morgan fingerprint density at radius 2 is 2.12 bits per heavy atom. The van der Waals surface area contributed by atoms with Crippen LogP contribution in [-0.4, -0.2) is 29.0 Å². The monoisotopic (exact) mass is 313 g/mol. The predicted octanol–water partition coefficient (Wildman–Crippen LogP) is 3.30. The van der Waals surface area contributed by atoms with Gasteiger partial charge in [0.1, 0.15) is 0 Å². The lowest BCUT2D eigenvalue weighted by Crippen LogP contribution is -2.27. The highest BCUT2D eigenvalue weighted by molar-refractivity contribution is 9.10. The first-order valence-electron chi connectivity index (χ1n) is 5.85. The summed E-state index contributed by atoms with van der Waals surface area (Å²) in [4.78, 5) is 13.8. The van der Waals surface area contributed by atoms with Crippen LogP contribution in [0.1, 0.15) is 18.4 Å². The Hall–Kier alpha value is -0.480. The van der Waals surface area contributed by atoms with E-state index >= 15 is 0 Å². The molecule has 1 aromatic carbocycles. The largest absolute Gasteiger partial charge is 0.333 e. The Balaban J connectivity index is 1.72. The summed E-state index contributed by atoms with van der Waals surface area (Å²) in [6, 6.07) is 8.32. The highest BCUT2D eigenvalue weighted by atomic mass is 79.9. The second-order valence-corrected chi connectivity index (χ2v) is 6.16. The minimum absolute atomic E-state index is 0.312. The van der Waals surface area contributed by atoms with Crippen LogP contribution in [0.5, 0.6) is 0 Å². The van der Waals surface area contributed by atoms with E-state index in [1.54, 1.807) is 0 Å². The van der Waals surface area contributed by atoms with Gasteiger partial charge in [0, 0.05) is 23.2 Å². The molecule has 1 aromatic rings. The minimum Gasteiger partial charge on any atom is -0.333 e. The Kier molecular flexibility index (Phi) is 4.92. The van der Waals surface area contributed by atoms with Crippen molar-refractivity contribution in [1.29, 1.82) is 0 Å².